The third kappa shape index (κ3) is 2.29. The highest BCUT2D eigenvalue weighted by molar-refractivity contribution is 5.46. The first-order chi connectivity index (χ1) is 7.70. The maximum Gasteiger partial charge on any atom is 0.214 e. The molecule has 1 aliphatic rings. The first kappa shape index (κ1) is 11.2. The van der Waals surface area contributed by atoms with Gasteiger partial charge in [0, 0.05) is 24.0 Å². The van der Waals surface area contributed by atoms with Crippen molar-refractivity contribution in [2.45, 2.75) is 32.7 Å². The minimum absolute atomic E-state index is 0.585. The van der Waals surface area contributed by atoms with Gasteiger partial charge in [0.2, 0.25) is 5.88 Å². The maximum atomic E-state index is 5.12. The second kappa shape index (κ2) is 4.73. The summed E-state index contributed by atoms with van der Waals surface area (Å²) in [7, 11) is 1.65. The van der Waals surface area contributed by atoms with E-state index in [1.165, 1.54) is 12.8 Å². The van der Waals surface area contributed by atoms with Gasteiger partial charge in [0.15, 0.2) is 0 Å². The molecule has 2 rings (SSSR count). The van der Waals surface area contributed by atoms with Crippen LogP contribution in [0.2, 0.25) is 0 Å². The topological polar surface area (TPSA) is 34.1 Å². The van der Waals surface area contributed by atoms with Gasteiger partial charge in [0.1, 0.15) is 0 Å². The lowest BCUT2D eigenvalue weighted by Gasteiger charge is -2.20. The summed E-state index contributed by atoms with van der Waals surface area (Å²) in [5, 5.41) is 3.58. The predicted octanol–water partition coefficient (Wildman–Crippen LogP) is 2.94. The maximum absolute atomic E-state index is 5.12. The minimum Gasteiger partial charge on any atom is -0.481 e. The van der Waals surface area contributed by atoms with Crippen LogP contribution in [-0.2, 0) is 0 Å². The monoisotopic (exact) mass is 220 g/mol. The number of hydrogen-bond donors (Lipinski definition) is 1. The number of nitrogens with zero attached hydrogens (tertiary/aromatic N) is 1. The normalized spacial score (nSPS) is 29.1. The quantitative estimate of drug-likeness (QED) is 0.850. The molecular weight excluding hydrogens is 200 g/mol. The van der Waals surface area contributed by atoms with Gasteiger partial charge in [-0.1, -0.05) is 13.8 Å². The molecule has 1 saturated carbocycles. The molecule has 3 unspecified atom stereocenters. The van der Waals surface area contributed by atoms with E-state index >= 15 is 0 Å². The molecule has 0 spiro atoms. The molecule has 0 radical (unpaired) electrons. The fourth-order valence-corrected chi connectivity index (χ4v) is 2.39. The fourth-order valence-electron chi connectivity index (χ4n) is 2.39. The van der Waals surface area contributed by atoms with Gasteiger partial charge in [-0.25, -0.2) is 4.98 Å². The van der Waals surface area contributed by atoms with E-state index in [1.807, 2.05) is 12.1 Å². The van der Waals surface area contributed by atoms with Crippen molar-refractivity contribution in [3.8, 4) is 5.88 Å². The number of nitrogens with one attached hydrogen (secondary N) is 1. The molecule has 1 heterocycles. The Kier molecular flexibility index (Phi) is 3.32. The molecule has 1 aromatic rings. The Hall–Kier alpha value is -1.25. The van der Waals surface area contributed by atoms with E-state index in [4.69, 9.17) is 4.74 Å². The number of pyridine rings is 1. The minimum atomic E-state index is 0.585. The lowest BCUT2D eigenvalue weighted by Crippen LogP contribution is -2.23. The molecule has 0 aliphatic heterocycles. The number of hydrogen-bond acceptors (Lipinski definition) is 3. The smallest absolute Gasteiger partial charge is 0.214 e. The Labute approximate surface area is 97.2 Å². The highest BCUT2D eigenvalue weighted by Gasteiger charge is 2.29. The molecule has 0 saturated heterocycles. The van der Waals surface area contributed by atoms with Gasteiger partial charge in [0.05, 0.1) is 7.11 Å². The molecule has 88 valence electrons. The average molecular weight is 220 g/mol. The first-order valence-corrected chi connectivity index (χ1v) is 5.97. The zero-order valence-corrected chi connectivity index (χ0v) is 10.2. The third-order valence-corrected chi connectivity index (χ3v) is 3.76. The highest BCUT2D eigenvalue weighted by Crippen LogP contribution is 2.33. The summed E-state index contributed by atoms with van der Waals surface area (Å²) in [6, 6.07) is 4.54. The summed E-state index contributed by atoms with van der Waals surface area (Å²) in [6.07, 6.45) is 4.36. The molecule has 3 atom stereocenters. The van der Waals surface area contributed by atoms with Gasteiger partial charge in [-0.3, -0.25) is 0 Å². The van der Waals surface area contributed by atoms with Crippen LogP contribution in [0.3, 0.4) is 0 Å². The third-order valence-electron chi connectivity index (χ3n) is 3.76. The number of methoxy groups -OCH3 is 1. The number of aromatic nitrogens is 1. The van der Waals surface area contributed by atoms with E-state index in [9.17, 15) is 0 Å². The van der Waals surface area contributed by atoms with Crippen LogP contribution >= 0.6 is 0 Å². The first-order valence-electron chi connectivity index (χ1n) is 5.97. The Balaban J connectivity index is 2.03. The van der Waals surface area contributed by atoms with Crippen molar-refractivity contribution in [3.63, 3.8) is 0 Å². The Morgan fingerprint density at radius 1 is 1.38 bits per heavy atom. The van der Waals surface area contributed by atoms with Crippen molar-refractivity contribution in [2.75, 3.05) is 12.4 Å². The average Bonchev–Trinajstić information content (AvgIpc) is 2.61. The Morgan fingerprint density at radius 2 is 2.19 bits per heavy atom. The van der Waals surface area contributed by atoms with Crippen molar-refractivity contribution in [1.29, 1.82) is 0 Å². The van der Waals surface area contributed by atoms with E-state index in [-0.39, 0.29) is 0 Å². The summed E-state index contributed by atoms with van der Waals surface area (Å²) in [4.78, 5) is 4.10. The number of anilines is 1. The van der Waals surface area contributed by atoms with Gasteiger partial charge in [-0.05, 0) is 30.7 Å². The summed E-state index contributed by atoms with van der Waals surface area (Å²) in [6.45, 7) is 4.66. The molecule has 1 aromatic heterocycles. The number of ether oxygens (including phenoxy) is 1. The molecule has 3 heteroatoms. The zero-order valence-electron chi connectivity index (χ0n) is 10.2. The lowest BCUT2D eigenvalue weighted by atomic mass is 9.98. The second-order valence-electron chi connectivity index (χ2n) is 4.75. The van der Waals surface area contributed by atoms with E-state index in [2.05, 4.69) is 24.1 Å². The number of rotatable bonds is 3. The van der Waals surface area contributed by atoms with Crippen LogP contribution < -0.4 is 10.1 Å². The van der Waals surface area contributed by atoms with E-state index < -0.39 is 0 Å². The standard InChI is InChI=1S/C13H20N2O/c1-9-4-5-12(10(9)2)15-11-6-7-14-13(8-11)16-3/h6-10,12H,4-5H2,1-3H3,(H,14,15). The van der Waals surface area contributed by atoms with Gasteiger partial charge in [-0.2, -0.15) is 0 Å². The van der Waals surface area contributed by atoms with Crippen molar-refractivity contribution in [3.05, 3.63) is 18.3 Å². The summed E-state index contributed by atoms with van der Waals surface area (Å²) in [5.74, 6) is 2.23. The second-order valence-corrected chi connectivity index (χ2v) is 4.75. The van der Waals surface area contributed by atoms with Crippen LogP contribution in [0.1, 0.15) is 26.7 Å². The molecule has 1 aliphatic carbocycles. The molecule has 0 bridgehead atoms. The van der Waals surface area contributed by atoms with Gasteiger partial charge in [0.25, 0.3) is 0 Å². The van der Waals surface area contributed by atoms with E-state index in [0.29, 0.717) is 11.9 Å². The molecule has 0 aromatic carbocycles. The highest BCUT2D eigenvalue weighted by atomic mass is 16.5. The molecule has 3 nitrogen and oxygen atoms in total. The predicted molar refractivity (Wildman–Crippen MR) is 65.8 cm³/mol. The van der Waals surface area contributed by atoms with Gasteiger partial charge < -0.3 is 10.1 Å². The van der Waals surface area contributed by atoms with Crippen LogP contribution in [0.15, 0.2) is 18.3 Å². The summed E-state index contributed by atoms with van der Waals surface area (Å²) in [5.41, 5.74) is 1.11. The van der Waals surface area contributed by atoms with E-state index in [0.717, 1.165) is 17.5 Å². The van der Waals surface area contributed by atoms with Gasteiger partial charge in [-0.15, -0.1) is 0 Å². The van der Waals surface area contributed by atoms with Crippen molar-refractivity contribution in [2.24, 2.45) is 11.8 Å². The van der Waals surface area contributed by atoms with Crippen molar-refractivity contribution >= 4 is 5.69 Å². The molecule has 0 amide bonds. The van der Waals surface area contributed by atoms with Crippen LogP contribution in [0, 0.1) is 11.8 Å². The summed E-state index contributed by atoms with van der Waals surface area (Å²) < 4.78 is 5.12. The lowest BCUT2D eigenvalue weighted by molar-refractivity contribution is 0.398. The van der Waals surface area contributed by atoms with Gasteiger partial charge >= 0.3 is 0 Å². The van der Waals surface area contributed by atoms with Crippen LogP contribution in [0.25, 0.3) is 0 Å². The molecule has 1 fully saturated rings. The molecule has 1 N–H and O–H groups in total. The Bertz CT molecular complexity index is 354. The van der Waals surface area contributed by atoms with Crippen LogP contribution in [0.5, 0.6) is 5.88 Å². The molecule has 16 heavy (non-hydrogen) atoms. The largest absolute Gasteiger partial charge is 0.481 e. The fraction of sp³-hybridized carbons (Fsp3) is 0.615. The summed E-state index contributed by atoms with van der Waals surface area (Å²) >= 11 is 0. The van der Waals surface area contributed by atoms with Crippen LogP contribution in [-0.4, -0.2) is 18.1 Å². The molecular formula is C13H20N2O. The van der Waals surface area contributed by atoms with Crippen LogP contribution in [0.4, 0.5) is 5.69 Å². The Morgan fingerprint density at radius 3 is 2.81 bits per heavy atom. The zero-order chi connectivity index (χ0) is 11.5. The SMILES string of the molecule is COc1cc(NC2CCC(C)C2C)ccn1. The van der Waals surface area contributed by atoms with Crippen molar-refractivity contribution < 1.29 is 4.74 Å². The van der Waals surface area contributed by atoms with Crippen molar-refractivity contribution in [1.82, 2.24) is 4.98 Å². The van der Waals surface area contributed by atoms with E-state index in [1.54, 1.807) is 13.3 Å².